The van der Waals surface area contributed by atoms with Crippen LogP contribution in [0.4, 0.5) is 0 Å². The lowest BCUT2D eigenvalue weighted by Crippen LogP contribution is -2.48. The number of carbonyl (C=O) groups is 2. The number of carboxylic acid groups (broad SMARTS) is 1. The molecule has 0 spiro atoms. The van der Waals surface area contributed by atoms with Crippen LogP contribution in [0.5, 0.6) is 0 Å². The lowest BCUT2D eigenvalue weighted by atomic mass is 9.93. The SMILES string of the molecule is Cc1cc(C(=O)N2Cc3ccccc3CC2C(=O)O)cc(S(N)(=O)=O)c1C. The zero-order valence-corrected chi connectivity index (χ0v) is 15.8. The number of nitrogens with zero attached hydrogens (tertiary/aromatic N) is 1. The van der Waals surface area contributed by atoms with E-state index < -0.39 is 27.9 Å². The molecular formula is C19H20N2O5S. The highest BCUT2D eigenvalue weighted by Crippen LogP contribution is 2.27. The van der Waals surface area contributed by atoms with Crippen molar-refractivity contribution in [3.05, 3.63) is 64.2 Å². The predicted octanol–water partition coefficient (Wildman–Crippen LogP) is 1.60. The number of primary sulfonamides is 1. The maximum atomic E-state index is 13.1. The summed E-state index contributed by atoms with van der Waals surface area (Å²) in [6, 6.07) is 9.12. The minimum Gasteiger partial charge on any atom is -0.480 e. The lowest BCUT2D eigenvalue weighted by molar-refractivity contribution is -0.142. The molecule has 7 nitrogen and oxygen atoms in total. The summed E-state index contributed by atoms with van der Waals surface area (Å²) >= 11 is 0. The van der Waals surface area contributed by atoms with E-state index in [0.717, 1.165) is 11.1 Å². The minimum atomic E-state index is -4.01. The van der Waals surface area contributed by atoms with Gasteiger partial charge in [0.2, 0.25) is 10.0 Å². The second-order valence-electron chi connectivity index (χ2n) is 6.72. The molecule has 1 heterocycles. The van der Waals surface area contributed by atoms with Crippen LogP contribution in [0.3, 0.4) is 0 Å². The first-order valence-corrected chi connectivity index (χ1v) is 9.89. The average molecular weight is 388 g/mol. The number of aliphatic carboxylic acids is 1. The number of carbonyl (C=O) groups excluding carboxylic acids is 1. The number of fused-ring (bicyclic) bond motifs is 1. The molecule has 1 aliphatic rings. The Morgan fingerprint density at radius 3 is 2.37 bits per heavy atom. The Morgan fingerprint density at radius 2 is 1.78 bits per heavy atom. The average Bonchev–Trinajstić information content (AvgIpc) is 2.61. The normalized spacial score (nSPS) is 16.7. The van der Waals surface area contributed by atoms with Gasteiger partial charge in [0, 0.05) is 18.5 Å². The Labute approximate surface area is 157 Å². The summed E-state index contributed by atoms with van der Waals surface area (Å²) in [5.41, 5.74) is 2.92. The third kappa shape index (κ3) is 3.58. The molecule has 8 heteroatoms. The van der Waals surface area contributed by atoms with Crippen LogP contribution in [0.25, 0.3) is 0 Å². The van der Waals surface area contributed by atoms with Gasteiger partial charge in [0.1, 0.15) is 6.04 Å². The maximum absolute atomic E-state index is 13.1. The van der Waals surface area contributed by atoms with Gasteiger partial charge in [-0.15, -0.1) is 0 Å². The molecule has 1 unspecified atom stereocenters. The van der Waals surface area contributed by atoms with Crippen LogP contribution in [0, 0.1) is 13.8 Å². The molecule has 27 heavy (non-hydrogen) atoms. The smallest absolute Gasteiger partial charge is 0.326 e. The summed E-state index contributed by atoms with van der Waals surface area (Å²) in [5, 5.41) is 14.9. The second kappa shape index (κ2) is 6.79. The van der Waals surface area contributed by atoms with E-state index in [-0.39, 0.29) is 23.4 Å². The van der Waals surface area contributed by atoms with Crippen LogP contribution in [-0.4, -0.2) is 36.3 Å². The van der Waals surface area contributed by atoms with E-state index >= 15 is 0 Å². The van der Waals surface area contributed by atoms with Crippen LogP contribution in [0.15, 0.2) is 41.3 Å². The van der Waals surface area contributed by atoms with Crippen molar-refractivity contribution in [3.8, 4) is 0 Å². The first kappa shape index (κ1) is 19.1. The second-order valence-corrected chi connectivity index (χ2v) is 8.25. The van der Waals surface area contributed by atoms with E-state index in [1.165, 1.54) is 11.0 Å². The van der Waals surface area contributed by atoms with Crippen molar-refractivity contribution in [2.24, 2.45) is 5.14 Å². The standard InChI is InChI=1S/C19H20N2O5S/c1-11-7-15(9-17(12(11)2)27(20,25)26)18(22)21-10-14-6-4-3-5-13(14)8-16(21)19(23)24/h3-7,9,16H,8,10H2,1-2H3,(H,23,24)(H2,20,25,26). The summed E-state index contributed by atoms with van der Waals surface area (Å²) in [6.45, 7) is 3.44. The van der Waals surface area contributed by atoms with Gasteiger partial charge in [0.25, 0.3) is 5.91 Å². The van der Waals surface area contributed by atoms with Gasteiger partial charge in [0.15, 0.2) is 0 Å². The number of benzene rings is 2. The molecule has 2 aromatic carbocycles. The van der Waals surface area contributed by atoms with Crippen molar-refractivity contribution >= 4 is 21.9 Å². The Balaban J connectivity index is 2.07. The largest absolute Gasteiger partial charge is 0.480 e. The number of hydrogen-bond donors (Lipinski definition) is 2. The summed E-state index contributed by atoms with van der Waals surface area (Å²) in [5.74, 6) is -1.64. The van der Waals surface area contributed by atoms with E-state index in [9.17, 15) is 23.1 Å². The van der Waals surface area contributed by atoms with Crippen LogP contribution in [0.1, 0.15) is 32.6 Å². The van der Waals surface area contributed by atoms with Crippen LogP contribution in [-0.2, 0) is 27.8 Å². The van der Waals surface area contributed by atoms with Crippen molar-refractivity contribution in [1.29, 1.82) is 0 Å². The summed E-state index contributed by atoms with van der Waals surface area (Å²) in [6.07, 6.45) is 0.199. The Hall–Kier alpha value is -2.71. The van der Waals surface area contributed by atoms with E-state index in [1.807, 2.05) is 24.3 Å². The van der Waals surface area contributed by atoms with Gasteiger partial charge in [-0.1, -0.05) is 24.3 Å². The number of carboxylic acids is 1. The fourth-order valence-corrected chi connectivity index (χ4v) is 4.25. The zero-order valence-electron chi connectivity index (χ0n) is 15.0. The summed E-state index contributed by atoms with van der Waals surface area (Å²) in [7, 11) is -4.01. The van der Waals surface area contributed by atoms with E-state index in [0.29, 0.717) is 11.1 Å². The van der Waals surface area contributed by atoms with Gasteiger partial charge in [0.05, 0.1) is 4.90 Å². The number of rotatable bonds is 3. The molecule has 2 aromatic rings. The number of sulfonamides is 1. The highest BCUT2D eigenvalue weighted by atomic mass is 32.2. The Morgan fingerprint density at radius 1 is 1.15 bits per heavy atom. The molecule has 0 aliphatic carbocycles. The van der Waals surface area contributed by atoms with Crippen molar-refractivity contribution in [3.63, 3.8) is 0 Å². The van der Waals surface area contributed by atoms with Crippen LogP contribution >= 0.6 is 0 Å². The molecule has 0 saturated carbocycles. The Kier molecular flexibility index (Phi) is 4.79. The van der Waals surface area contributed by atoms with Crippen LogP contribution < -0.4 is 5.14 Å². The Bertz CT molecular complexity index is 1050. The molecule has 0 fully saturated rings. The van der Waals surface area contributed by atoms with E-state index in [2.05, 4.69) is 0 Å². The number of amides is 1. The lowest BCUT2D eigenvalue weighted by Gasteiger charge is -2.34. The zero-order chi connectivity index (χ0) is 19.9. The van der Waals surface area contributed by atoms with Gasteiger partial charge in [-0.25, -0.2) is 18.4 Å². The highest BCUT2D eigenvalue weighted by Gasteiger charge is 2.35. The monoisotopic (exact) mass is 388 g/mol. The molecule has 3 N–H and O–H groups in total. The van der Waals surface area contributed by atoms with Gasteiger partial charge in [-0.05, 0) is 48.2 Å². The minimum absolute atomic E-state index is 0.104. The van der Waals surface area contributed by atoms with Gasteiger partial charge in [-0.2, -0.15) is 0 Å². The molecule has 142 valence electrons. The van der Waals surface area contributed by atoms with Crippen molar-refractivity contribution < 1.29 is 23.1 Å². The summed E-state index contributed by atoms with van der Waals surface area (Å²) < 4.78 is 23.7. The third-order valence-electron chi connectivity index (χ3n) is 4.97. The molecule has 0 saturated heterocycles. The topological polar surface area (TPSA) is 118 Å². The summed E-state index contributed by atoms with van der Waals surface area (Å²) in [4.78, 5) is 26.0. The highest BCUT2D eigenvalue weighted by molar-refractivity contribution is 7.89. The number of hydrogen-bond acceptors (Lipinski definition) is 4. The molecule has 0 radical (unpaired) electrons. The molecule has 1 aliphatic heterocycles. The van der Waals surface area contributed by atoms with Gasteiger partial charge in [-0.3, -0.25) is 4.79 Å². The first-order valence-electron chi connectivity index (χ1n) is 8.34. The molecule has 3 rings (SSSR count). The van der Waals surface area contributed by atoms with Gasteiger partial charge >= 0.3 is 5.97 Å². The molecule has 1 amide bonds. The third-order valence-corrected chi connectivity index (χ3v) is 6.00. The van der Waals surface area contributed by atoms with Gasteiger partial charge < -0.3 is 10.0 Å². The fourth-order valence-electron chi connectivity index (χ4n) is 3.37. The quantitative estimate of drug-likeness (QED) is 0.828. The van der Waals surface area contributed by atoms with Crippen molar-refractivity contribution in [2.45, 2.75) is 37.8 Å². The molecule has 0 aromatic heterocycles. The molecule has 1 atom stereocenters. The number of nitrogens with two attached hydrogens (primary N) is 1. The fraction of sp³-hybridized carbons (Fsp3) is 0.263. The van der Waals surface area contributed by atoms with E-state index in [1.54, 1.807) is 19.9 Å². The predicted molar refractivity (Wildman–Crippen MR) is 98.7 cm³/mol. The van der Waals surface area contributed by atoms with Crippen LogP contribution in [0.2, 0.25) is 0 Å². The number of aryl methyl sites for hydroxylation is 1. The van der Waals surface area contributed by atoms with E-state index in [4.69, 9.17) is 5.14 Å². The van der Waals surface area contributed by atoms with Crippen molar-refractivity contribution in [2.75, 3.05) is 0 Å². The first-order chi connectivity index (χ1) is 12.6. The molecular weight excluding hydrogens is 368 g/mol. The molecule has 0 bridgehead atoms. The maximum Gasteiger partial charge on any atom is 0.326 e. The van der Waals surface area contributed by atoms with Crippen molar-refractivity contribution in [1.82, 2.24) is 4.90 Å².